The molecule has 186 valence electrons. The number of ether oxygens (including phenoxy) is 3. The molecule has 1 aliphatic rings. The van der Waals surface area contributed by atoms with Gasteiger partial charge in [-0.05, 0) is 34.7 Å². The number of benzene rings is 3. The number of nitrogens with one attached hydrogen (secondary N) is 2. The Morgan fingerprint density at radius 1 is 0.833 bits per heavy atom. The molecule has 0 aliphatic heterocycles. The van der Waals surface area contributed by atoms with Crippen LogP contribution in [0.4, 0.5) is 4.79 Å². The SMILES string of the molecule is C[C@H](NC(=O)OCC1c2ccccc2-c2ccccc21)C(=O)NCOCC(=O)OCc1ccccc1. The van der Waals surface area contributed by atoms with Crippen molar-refractivity contribution in [3.63, 3.8) is 0 Å². The van der Waals surface area contributed by atoms with Crippen LogP contribution < -0.4 is 10.6 Å². The van der Waals surface area contributed by atoms with Gasteiger partial charge < -0.3 is 24.8 Å². The van der Waals surface area contributed by atoms with Crippen molar-refractivity contribution in [2.24, 2.45) is 0 Å². The van der Waals surface area contributed by atoms with Gasteiger partial charge in [-0.2, -0.15) is 0 Å². The molecule has 3 aromatic rings. The van der Waals surface area contributed by atoms with E-state index in [1.54, 1.807) is 0 Å². The van der Waals surface area contributed by atoms with Crippen LogP contribution >= 0.6 is 0 Å². The lowest BCUT2D eigenvalue weighted by atomic mass is 9.98. The molecule has 0 fully saturated rings. The zero-order valence-corrected chi connectivity index (χ0v) is 19.9. The van der Waals surface area contributed by atoms with Gasteiger partial charge >= 0.3 is 12.1 Å². The molecule has 0 heterocycles. The van der Waals surface area contributed by atoms with Crippen molar-refractivity contribution in [1.29, 1.82) is 0 Å². The van der Waals surface area contributed by atoms with Gasteiger partial charge in [0.25, 0.3) is 0 Å². The summed E-state index contributed by atoms with van der Waals surface area (Å²) in [6.07, 6.45) is -0.690. The van der Waals surface area contributed by atoms with Crippen molar-refractivity contribution in [3.05, 3.63) is 95.6 Å². The minimum absolute atomic E-state index is 0.0673. The molecule has 0 unspecified atom stereocenters. The monoisotopic (exact) mass is 488 g/mol. The Bertz CT molecular complexity index is 1170. The van der Waals surface area contributed by atoms with E-state index in [0.29, 0.717) is 0 Å². The van der Waals surface area contributed by atoms with E-state index in [4.69, 9.17) is 14.2 Å². The molecule has 1 atom stereocenters. The van der Waals surface area contributed by atoms with Crippen LogP contribution in [0, 0.1) is 0 Å². The van der Waals surface area contributed by atoms with Crippen LogP contribution in [0.2, 0.25) is 0 Å². The predicted octanol–water partition coefficient (Wildman–Crippen LogP) is 3.75. The predicted molar refractivity (Wildman–Crippen MR) is 133 cm³/mol. The number of carbonyl (C=O) groups is 3. The molecule has 0 radical (unpaired) electrons. The van der Waals surface area contributed by atoms with Gasteiger partial charge in [0.1, 0.15) is 32.6 Å². The first-order valence-corrected chi connectivity index (χ1v) is 11.7. The lowest BCUT2D eigenvalue weighted by molar-refractivity contribution is -0.151. The highest BCUT2D eigenvalue weighted by Gasteiger charge is 2.29. The summed E-state index contributed by atoms with van der Waals surface area (Å²) in [7, 11) is 0. The van der Waals surface area contributed by atoms with Crippen molar-refractivity contribution in [2.45, 2.75) is 25.5 Å². The Kier molecular flexibility index (Phi) is 8.31. The van der Waals surface area contributed by atoms with E-state index in [2.05, 4.69) is 22.8 Å². The van der Waals surface area contributed by atoms with E-state index in [1.165, 1.54) is 6.92 Å². The Morgan fingerprint density at radius 2 is 1.44 bits per heavy atom. The molecule has 0 saturated carbocycles. The van der Waals surface area contributed by atoms with Crippen LogP contribution in [-0.4, -0.2) is 44.0 Å². The third-order valence-corrected chi connectivity index (χ3v) is 5.88. The highest BCUT2D eigenvalue weighted by molar-refractivity contribution is 5.85. The van der Waals surface area contributed by atoms with Crippen molar-refractivity contribution in [1.82, 2.24) is 10.6 Å². The number of rotatable bonds is 10. The topological polar surface area (TPSA) is 103 Å². The van der Waals surface area contributed by atoms with Crippen LogP contribution in [0.3, 0.4) is 0 Å². The van der Waals surface area contributed by atoms with Gasteiger partial charge in [-0.25, -0.2) is 9.59 Å². The van der Waals surface area contributed by atoms with Gasteiger partial charge in [-0.1, -0.05) is 78.9 Å². The molecule has 0 saturated heterocycles. The highest BCUT2D eigenvalue weighted by Crippen LogP contribution is 2.44. The molecule has 8 heteroatoms. The molecule has 4 rings (SSSR count). The maximum Gasteiger partial charge on any atom is 0.407 e. The quantitative estimate of drug-likeness (QED) is 0.256. The van der Waals surface area contributed by atoms with Gasteiger partial charge in [0.05, 0.1) is 0 Å². The number of fused-ring (bicyclic) bond motifs is 3. The fourth-order valence-electron chi connectivity index (χ4n) is 4.07. The summed E-state index contributed by atoms with van der Waals surface area (Å²) in [6.45, 7) is 1.33. The summed E-state index contributed by atoms with van der Waals surface area (Å²) in [4.78, 5) is 36.3. The van der Waals surface area contributed by atoms with E-state index >= 15 is 0 Å². The second-order valence-corrected chi connectivity index (χ2v) is 8.37. The fourth-order valence-corrected chi connectivity index (χ4v) is 4.07. The maximum absolute atomic E-state index is 12.3. The van der Waals surface area contributed by atoms with E-state index in [0.717, 1.165) is 27.8 Å². The van der Waals surface area contributed by atoms with Gasteiger partial charge in [0.15, 0.2) is 0 Å². The van der Waals surface area contributed by atoms with Gasteiger partial charge in [0.2, 0.25) is 5.91 Å². The van der Waals surface area contributed by atoms with Gasteiger partial charge in [0, 0.05) is 5.92 Å². The average molecular weight is 489 g/mol. The molecule has 0 spiro atoms. The number of esters is 1. The average Bonchev–Trinajstić information content (AvgIpc) is 3.23. The Hall–Kier alpha value is -4.17. The zero-order valence-electron chi connectivity index (χ0n) is 19.9. The summed E-state index contributed by atoms with van der Waals surface area (Å²) in [5.41, 5.74) is 5.36. The minimum Gasteiger partial charge on any atom is -0.459 e. The lowest BCUT2D eigenvalue weighted by Crippen LogP contribution is -2.45. The van der Waals surface area contributed by atoms with Crippen molar-refractivity contribution in [3.8, 4) is 11.1 Å². The third-order valence-electron chi connectivity index (χ3n) is 5.88. The van der Waals surface area contributed by atoms with Crippen LogP contribution in [-0.2, 0) is 30.4 Å². The highest BCUT2D eigenvalue weighted by atomic mass is 16.6. The Morgan fingerprint density at radius 3 is 2.11 bits per heavy atom. The molecule has 3 aromatic carbocycles. The van der Waals surface area contributed by atoms with E-state index < -0.39 is 24.0 Å². The van der Waals surface area contributed by atoms with Crippen LogP contribution in [0.1, 0.15) is 29.5 Å². The zero-order chi connectivity index (χ0) is 25.3. The third kappa shape index (κ3) is 6.28. The molecular weight excluding hydrogens is 460 g/mol. The van der Waals surface area contributed by atoms with Gasteiger partial charge in [-0.3, -0.25) is 4.79 Å². The molecule has 2 amide bonds. The molecule has 0 bridgehead atoms. The van der Waals surface area contributed by atoms with Crippen molar-refractivity contribution in [2.75, 3.05) is 19.9 Å². The Labute approximate surface area is 209 Å². The molecular formula is C28H28N2O6. The smallest absolute Gasteiger partial charge is 0.407 e. The first-order chi connectivity index (χ1) is 17.5. The standard InChI is InChI=1S/C28H28N2O6/c1-19(27(32)29-18-34-17-26(31)35-15-20-9-3-2-4-10-20)30-28(33)36-16-25-23-13-7-5-11-21(23)22-12-6-8-14-24(22)25/h2-14,19,25H,15-18H2,1H3,(H,29,32)(H,30,33)/t19-/m0/s1. The van der Waals surface area contributed by atoms with Crippen molar-refractivity contribution >= 4 is 18.0 Å². The number of hydrogen-bond acceptors (Lipinski definition) is 6. The second kappa shape index (κ2) is 12.0. The van der Waals surface area contributed by atoms with E-state index in [1.807, 2.05) is 66.7 Å². The molecule has 2 N–H and O–H groups in total. The summed E-state index contributed by atoms with van der Waals surface area (Å²) in [5, 5.41) is 5.02. The summed E-state index contributed by atoms with van der Waals surface area (Å²) >= 11 is 0. The number of carbonyl (C=O) groups excluding carboxylic acids is 3. The first-order valence-electron chi connectivity index (χ1n) is 11.7. The maximum atomic E-state index is 12.3. The number of hydrogen-bond donors (Lipinski definition) is 2. The second-order valence-electron chi connectivity index (χ2n) is 8.37. The Balaban J connectivity index is 1.15. The lowest BCUT2D eigenvalue weighted by Gasteiger charge is -2.17. The molecule has 8 nitrogen and oxygen atoms in total. The van der Waals surface area contributed by atoms with Crippen LogP contribution in [0.15, 0.2) is 78.9 Å². The number of alkyl carbamates (subject to hydrolysis) is 1. The normalized spacial score (nSPS) is 12.7. The molecule has 1 aliphatic carbocycles. The number of amides is 2. The van der Waals surface area contributed by atoms with E-state index in [9.17, 15) is 14.4 Å². The summed E-state index contributed by atoms with van der Waals surface area (Å²) < 4.78 is 15.7. The summed E-state index contributed by atoms with van der Waals surface area (Å²) in [5.74, 6) is -1.08. The largest absolute Gasteiger partial charge is 0.459 e. The summed E-state index contributed by atoms with van der Waals surface area (Å²) in [6, 6.07) is 24.5. The van der Waals surface area contributed by atoms with Crippen molar-refractivity contribution < 1.29 is 28.6 Å². The molecule has 36 heavy (non-hydrogen) atoms. The first kappa shape index (κ1) is 24.9. The fraction of sp³-hybridized carbons (Fsp3) is 0.250. The van der Waals surface area contributed by atoms with Crippen LogP contribution in [0.25, 0.3) is 11.1 Å². The van der Waals surface area contributed by atoms with E-state index in [-0.39, 0.29) is 32.5 Å². The van der Waals surface area contributed by atoms with Crippen LogP contribution in [0.5, 0.6) is 0 Å². The minimum atomic E-state index is -0.853. The molecule has 0 aromatic heterocycles. The van der Waals surface area contributed by atoms with Gasteiger partial charge in [-0.15, -0.1) is 0 Å².